The van der Waals surface area contributed by atoms with E-state index < -0.39 is 0 Å². The van der Waals surface area contributed by atoms with Crippen LogP contribution in [0, 0.1) is 4.77 Å². The Morgan fingerprint density at radius 2 is 1.73 bits per heavy atom. The van der Waals surface area contributed by atoms with E-state index in [0.717, 1.165) is 16.5 Å². The Kier molecular flexibility index (Phi) is 4.33. The van der Waals surface area contributed by atoms with Gasteiger partial charge in [-0.15, -0.1) is 0 Å². The van der Waals surface area contributed by atoms with E-state index in [1.807, 2.05) is 77.4 Å². The molecule has 1 heterocycles. The summed E-state index contributed by atoms with van der Waals surface area (Å²) in [6, 6.07) is 23.2. The minimum absolute atomic E-state index is 0.143. The van der Waals surface area contributed by atoms with Crippen LogP contribution in [0.2, 0.25) is 0 Å². The van der Waals surface area contributed by atoms with Crippen LogP contribution < -0.4 is 5.32 Å². The van der Waals surface area contributed by atoms with Crippen LogP contribution in [0.4, 0.5) is 0 Å². The number of benzene rings is 3. The average molecular weight is 360 g/mol. The van der Waals surface area contributed by atoms with Crippen molar-refractivity contribution in [2.75, 3.05) is 0 Å². The monoisotopic (exact) mass is 360 g/mol. The molecule has 4 rings (SSSR count). The van der Waals surface area contributed by atoms with Crippen molar-refractivity contribution in [3.8, 4) is 5.69 Å². The lowest BCUT2D eigenvalue weighted by Gasteiger charge is -2.09. The molecule has 0 saturated carbocycles. The molecule has 26 heavy (non-hydrogen) atoms. The number of amides is 1. The molecule has 128 valence electrons. The van der Waals surface area contributed by atoms with Gasteiger partial charge < -0.3 is 5.32 Å². The number of carbonyl (C=O) groups excluding carboxylic acids is 1. The van der Waals surface area contributed by atoms with Gasteiger partial charge in [-0.2, -0.15) is 5.10 Å². The third-order valence-electron chi connectivity index (χ3n) is 4.20. The van der Waals surface area contributed by atoms with Gasteiger partial charge >= 0.3 is 0 Å². The van der Waals surface area contributed by atoms with Gasteiger partial charge in [-0.25, -0.2) is 0 Å². The van der Waals surface area contributed by atoms with Crippen LogP contribution in [-0.2, 0) is 6.54 Å². The molecule has 0 aliphatic heterocycles. The van der Waals surface area contributed by atoms with Gasteiger partial charge in [0, 0.05) is 11.3 Å². The van der Waals surface area contributed by atoms with Crippen molar-refractivity contribution in [3.05, 3.63) is 89.0 Å². The number of carbonyl (C=O) groups is 1. The summed E-state index contributed by atoms with van der Waals surface area (Å²) >= 11 is 5.32. The van der Waals surface area contributed by atoms with Crippen LogP contribution in [0.15, 0.2) is 72.8 Å². The Morgan fingerprint density at radius 3 is 2.58 bits per heavy atom. The predicted molar refractivity (Wildman–Crippen MR) is 104 cm³/mol. The molecule has 1 aromatic heterocycles. The fourth-order valence-corrected chi connectivity index (χ4v) is 3.23. The Labute approximate surface area is 155 Å². The van der Waals surface area contributed by atoms with Crippen molar-refractivity contribution in [1.29, 1.82) is 0 Å². The maximum Gasteiger partial charge on any atom is 0.252 e. The summed E-state index contributed by atoms with van der Waals surface area (Å²) in [7, 11) is 0. The van der Waals surface area contributed by atoms with Gasteiger partial charge in [-0.05, 0) is 41.2 Å². The van der Waals surface area contributed by atoms with Gasteiger partial charge in [0.1, 0.15) is 0 Å². The highest BCUT2D eigenvalue weighted by molar-refractivity contribution is 7.71. The Morgan fingerprint density at radius 1 is 1.00 bits per heavy atom. The SMILES string of the molecule is O=C(NCc1n[nH]c(=S)n1-c1ccccc1)c1cccc2ccccc12. The van der Waals surface area contributed by atoms with E-state index >= 15 is 0 Å². The molecule has 0 unspecified atom stereocenters. The van der Waals surface area contributed by atoms with Crippen molar-refractivity contribution < 1.29 is 4.79 Å². The Hall–Kier alpha value is -3.25. The smallest absolute Gasteiger partial charge is 0.252 e. The number of H-pyrrole nitrogens is 1. The Bertz CT molecular complexity index is 1130. The molecular weight excluding hydrogens is 344 g/mol. The molecule has 5 nitrogen and oxygen atoms in total. The summed E-state index contributed by atoms with van der Waals surface area (Å²) < 4.78 is 2.31. The number of rotatable bonds is 4. The van der Waals surface area contributed by atoms with Gasteiger partial charge in [0.25, 0.3) is 5.91 Å². The van der Waals surface area contributed by atoms with Crippen molar-refractivity contribution in [2.24, 2.45) is 0 Å². The first kappa shape index (κ1) is 16.2. The summed E-state index contributed by atoms with van der Waals surface area (Å²) in [4.78, 5) is 12.7. The lowest BCUT2D eigenvalue weighted by Crippen LogP contribution is -2.24. The number of hydrogen-bond donors (Lipinski definition) is 2. The summed E-state index contributed by atoms with van der Waals surface area (Å²) in [6.45, 7) is 0.268. The lowest BCUT2D eigenvalue weighted by atomic mass is 10.0. The number of fused-ring (bicyclic) bond motifs is 1. The average Bonchev–Trinajstić information content (AvgIpc) is 3.06. The molecular formula is C20H16N4OS. The number of aromatic nitrogens is 3. The maximum absolute atomic E-state index is 12.7. The van der Waals surface area contributed by atoms with Crippen molar-refractivity contribution >= 4 is 28.9 Å². The molecule has 0 saturated heterocycles. The third kappa shape index (κ3) is 3.02. The van der Waals surface area contributed by atoms with E-state index in [0.29, 0.717) is 16.2 Å². The fraction of sp³-hybridized carbons (Fsp3) is 0.0500. The number of nitrogens with zero attached hydrogens (tertiary/aromatic N) is 2. The topological polar surface area (TPSA) is 62.7 Å². The number of nitrogens with one attached hydrogen (secondary N) is 2. The quantitative estimate of drug-likeness (QED) is 0.541. The number of hydrogen-bond acceptors (Lipinski definition) is 3. The van der Waals surface area contributed by atoms with E-state index in [-0.39, 0.29) is 12.5 Å². The van der Waals surface area contributed by atoms with E-state index in [9.17, 15) is 4.79 Å². The molecule has 0 aliphatic rings. The standard InChI is InChI=1S/C20H16N4OS/c25-19(17-12-6-8-14-7-4-5-11-16(14)17)21-13-18-22-23-20(26)24(18)15-9-2-1-3-10-15/h1-12H,13H2,(H,21,25)(H,23,26). The van der Waals surface area contributed by atoms with Crippen LogP contribution in [0.3, 0.4) is 0 Å². The van der Waals surface area contributed by atoms with Gasteiger partial charge in [0.05, 0.1) is 6.54 Å². The zero-order chi connectivity index (χ0) is 17.9. The molecule has 6 heteroatoms. The van der Waals surface area contributed by atoms with E-state index in [1.54, 1.807) is 0 Å². The van der Waals surface area contributed by atoms with Gasteiger partial charge in [0.2, 0.25) is 0 Å². The molecule has 0 aliphatic carbocycles. The maximum atomic E-state index is 12.7. The Balaban J connectivity index is 1.60. The molecule has 4 aromatic rings. The highest BCUT2D eigenvalue weighted by Gasteiger charge is 2.12. The van der Waals surface area contributed by atoms with Crippen LogP contribution in [-0.4, -0.2) is 20.7 Å². The molecule has 0 atom stereocenters. The molecule has 0 radical (unpaired) electrons. The minimum atomic E-state index is -0.143. The highest BCUT2D eigenvalue weighted by Crippen LogP contribution is 2.18. The first-order valence-electron chi connectivity index (χ1n) is 8.22. The largest absolute Gasteiger partial charge is 0.345 e. The van der Waals surface area contributed by atoms with E-state index in [2.05, 4.69) is 15.5 Å². The predicted octanol–water partition coefficient (Wildman–Crippen LogP) is 4.01. The van der Waals surface area contributed by atoms with Crippen molar-refractivity contribution in [3.63, 3.8) is 0 Å². The van der Waals surface area contributed by atoms with Gasteiger partial charge in [-0.1, -0.05) is 54.6 Å². The van der Waals surface area contributed by atoms with E-state index in [4.69, 9.17) is 12.2 Å². The molecule has 0 bridgehead atoms. The molecule has 0 spiro atoms. The second-order valence-corrected chi connectivity index (χ2v) is 6.21. The molecule has 1 amide bonds. The third-order valence-corrected chi connectivity index (χ3v) is 4.47. The second-order valence-electron chi connectivity index (χ2n) is 5.83. The van der Waals surface area contributed by atoms with Gasteiger partial charge in [-0.3, -0.25) is 14.5 Å². The second kappa shape index (κ2) is 6.93. The summed E-state index contributed by atoms with van der Waals surface area (Å²) in [5.41, 5.74) is 1.55. The van der Waals surface area contributed by atoms with E-state index in [1.165, 1.54) is 0 Å². The summed E-state index contributed by atoms with van der Waals surface area (Å²) in [5.74, 6) is 0.505. The number of aromatic amines is 1. The zero-order valence-corrected chi connectivity index (χ0v) is 14.7. The first-order valence-corrected chi connectivity index (χ1v) is 8.62. The normalized spacial score (nSPS) is 10.8. The van der Waals surface area contributed by atoms with Gasteiger partial charge in [0.15, 0.2) is 10.6 Å². The highest BCUT2D eigenvalue weighted by atomic mass is 32.1. The van der Waals surface area contributed by atoms with Crippen LogP contribution >= 0.6 is 12.2 Å². The molecule has 3 aromatic carbocycles. The summed E-state index contributed by atoms with van der Waals surface area (Å²) in [6.07, 6.45) is 0. The fourth-order valence-electron chi connectivity index (χ4n) is 2.97. The first-order chi connectivity index (χ1) is 12.7. The van der Waals surface area contributed by atoms with Crippen molar-refractivity contribution in [2.45, 2.75) is 6.54 Å². The summed E-state index contributed by atoms with van der Waals surface area (Å²) in [5, 5.41) is 11.9. The lowest BCUT2D eigenvalue weighted by molar-refractivity contribution is 0.0951. The zero-order valence-electron chi connectivity index (χ0n) is 13.8. The van der Waals surface area contributed by atoms with Crippen LogP contribution in [0.25, 0.3) is 16.5 Å². The van der Waals surface area contributed by atoms with Crippen molar-refractivity contribution in [1.82, 2.24) is 20.1 Å². The minimum Gasteiger partial charge on any atom is -0.345 e. The molecule has 0 fully saturated rings. The van der Waals surface area contributed by atoms with Crippen LogP contribution in [0.5, 0.6) is 0 Å². The van der Waals surface area contributed by atoms with Crippen LogP contribution in [0.1, 0.15) is 16.2 Å². The molecule has 2 N–H and O–H groups in total. The number of para-hydroxylation sites is 1.